The molecule has 0 aliphatic rings. The van der Waals surface area contributed by atoms with Crippen molar-refractivity contribution in [3.8, 4) is 0 Å². The quantitative estimate of drug-likeness (QED) is 0.216. The van der Waals surface area contributed by atoms with E-state index in [1.165, 1.54) is 6.92 Å². The van der Waals surface area contributed by atoms with Gasteiger partial charge in [-0.2, -0.15) is 8.42 Å². The van der Waals surface area contributed by atoms with Crippen LogP contribution in [-0.4, -0.2) is 54.6 Å². The van der Waals surface area contributed by atoms with Crippen molar-refractivity contribution >= 4 is 27.8 Å². The molecular formula is C16H29N2O7S-. The Bertz CT molecular complexity index is 609. The summed E-state index contributed by atoms with van der Waals surface area (Å²) in [5.41, 5.74) is 4.52. The summed E-state index contributed by atoms with van der Waals surface area (Å²) in [6, 6.07) is -1.63. The standard InChI is InChI=1S/C16H30N2O7S/c1-11(19)12(7-5-6-8-17)9-14(20)13(10-26(22,23)24)18-15(21)25-16(2,3)4/h12-13H,5-10,17H2,1-4H3,(H,18,21)(H,22,23,24)/p-1/t12-,13?/m1/s1. The molecule has 0 fully saturated rings. The number of carbonyl (C=O) groups excluding carboxylic acids is 2. The molecule has 0 rings (SSSR count). The Kier molecular flexibility index (Phi) is 9.97. The lowest BCUT2D eigenvalue weighted by Gasteiger charge is -2.30. The minimum atomic E-state index is -4.56. The molecule has 0 aromatic carbocycles. The van der Waals surface area contributed by atoms with Crippen LogP contribution in [0.1, 0.15) is 53.4 Å². The molecule has 152 valence electrons. The Morgan fingerprint density at radius 2 is 1.85 bits per heavy atom. The maximum absolute atomic E-state index is 12.4. The van der Waals surface area contributed by atoms with Gasteiger partial charge in [0.2, 0.25) is 0 Å². The summed E-state index contributed by atoms with van der Waals surface area (Å²) in [6.45, 7) is 6.55. The summed E-state index contributed by atoms with van der Waals surface area (Å²) in [6.07, 6.45) is 0.368. The van der Waals surface area contributed by atoms with Crippen molar-refractivity contribution in [3.05, 3.63) is 0 Å². The molecular weight excluding hydrogens is 364 g/mol. The van der Waals surface area contributed by atoms with Crippen molar-refractivity contribution in [2.24, 2.45) is 16.6 Å². The minimum Gasteiger partial charge on any atom is -0.595 e. The minimum absolute atomic E-state index is 0.224. The van der Waals surface area contributed by atoms with E-state index in [4.69, 9.17) is 15.0 Å². The first kappa shape index (κ1) is 24.5. The van der Waals surface area contributed by atoms with Crippen LogP contribution in [0, 0.1) is 5.92 Å². The van der Waals surface area contributed by atoms with Gasteiger partial charge >= 0.3 is 0 Å². The highest BCUT2D eigenvalue weighted by Gasteiger charge is 2.28. The number of aliphatic imine (C=N–C) groups is 1. The van der Waals surface area contributed by atoms with Crippen LogP contribution in [0.15, 0.2) is 4.99 Å². The number of nitrogens with two attached hydrogens (primary N) is 1. The number of carbonyl (C=O) groups is 2. The zero-order valence-electron chi connectivity index (χ0n) is 15.7. The number of ketones is 2. The van der Waals surface area contributed by atoms with Gasteiger partial charge in [0.25, 0.3) is 10.1 Å². The zero-order valence-corrected chi connectivity index (χ0v) is 16.5. The van der Waals surface area contributed by atoms with Gasteiger partial charge in [-0.25, -0.2) is 0 Å². The predicted octanol–water partition coefficient (Wildman–Crippen LogP) is 0.0676. The molecule has 9 nitrogen and oxygen atoms in total. The number of Topliss-reactive ketones (excluding diaryl/α,β-unsaturated/α-hetero) is 2. The summed E-state index contributed by atoms with van der Waals surface area (Å²) in [5.74, 6) is -2.61. The van der Waals surface area contributed by atoms with Gasteiger partial charge in [0.1, 0.15) is 23.7 Å². The summed E-state index contributed by atoms with van der Waals surface area (Å²) < 4.78 is 36.3. The van der Waals surface area contributed by atoms with Crippen LogP contribution in [0.5, 0.6) is 0 Å². The number of ether oxygens (including phenoxy) is 1. The van der Waals surface area contributed by atoms with E-state index in [2.05, 4.69) is 4.99 Å². The van der Waals surface area contributed by atoms with Crippen LogP contribution in [0.4, 0.5) is 0 Å². The second-order valence-electron chi connectivity index (χ2n) is 7.14. The number of hydrogen-bond donors (Lipinski definition) is 2. The Hall–Kier alpha value is -1.52. The molecule has 0 bridgehead atoms. The largest absolute Gasteiger partial charge is 0.595 e. The third-order valence-corrected chi connectivity index (χ3v) is 4.16. The molecule has 0 heterocycles. The number of hydrogen-bond acceptors (Lipinski definition) is 8. The van der Waals surface area contributed by atoms with Gasteiger partial charge < -0.3 is 15.6 Å². The highest BCUT2D eigenvalue weighted by atomic mass is 32.2. The smallest absolute Gasteiger partial charge is 0.267 e. The second kappa shape index (κ2) is 10.6. The monoisotopic (exact) mass is 393 g/mol. The van der Waals surface area contributed by atoms with Gasteiger partial charge in [-0.1, -0.05) is 27.2 Å². The van der Waals surface area contributed by atoms with Crippen molar-refractivity contribution in [3.63, 3.8) is 0 Å². The zero-order chi connectivity index (χ0) is 20.5. The number of nitrogens with zero attached hydrogens (tertiary/aromatic N) is 1. The van der Waals surface area contributed by atoms with Crippen molar-refractivity contribution in [2.45, 2.75) is 65.0 Å². The fourth-order valence-corrected chi connectivity index (χ4v) is 2.84. The van der Waals surface area contributed by atoms with Crippen molar-refractivity contribution in [1.82, 2.24) is 0 Å². The van der Waals surface area contributed by atoms with Crippen LogP contribution < -0.4 is 10.8 Å². The molecule has 3 N–H and O–H groups in total. The van der Waals surface area contributed by atoms with Gasteiger partial charge in [0, 0.05) is 17.9 Å². The topological polar surface area (TPSA) is 159 Å². The highest BCUT2D eigenvalue weighted by Crippen LogP contribution is 2.17. The summed E-state index contributed by atoms with van der Waals surface area (Å²) in [7, 11) is -4.56. The molecule has 2 atom stereocenters. The molecule has 0 spiro atoms. The Morgan fingerprint density at radius 3 is 2.27 bits per heavy atom. The van der Waals surface area contributed by atoms with E-state index in [9.17, 15) is 23.1 Å². The molecule has 0 aliphatic carbocycles. The van der Waals surface area contributed by atoms with Gasteiger partial charge in [0.05, 0.1) is 0 Å². The van der Waals surface area contributed by atoms with E-state index in [0.717, 1.165) is 0 Å². The average molecular weight is 393 g/mol. The van der Waals surface area contributed by atoms with Gasteiger partial charge in [-0.05, 0) is 26.3 Å². The third-order valence-electron chi connectivity index (χ3n) is 3.42. The summed E-state index contributed by atoms with van der Waals surface area (Å²) in [5, 5.41) is 11.8. The molecule has 0 amide bonds. The lowest BCUT2D eigenvalue weighted by molar-refractivity contribution is -0.260. The van der Waals surface area contributed by atoms with Gasteiger partial charge in [-0.15, -0.1) is 0 Å². The SMILES string of the molecule is CC(=O)[C@H](CCCCN)CC(=O)C(CS(=O)(=O)O)N=C([O-])OC(C)(C)C. The van der Waals surface area contributed by atoms with Gasteiger partial charge in [-0.3, -0.25) is 19.1 Å². The molecule has 0 aliphatic heterocycles. The fraction of sp³-hybridized carbons (Fsp3) is 0.812. The normalized spacial score (nSPS) is 15.4. The first-order chi connectivity index (χ1) is 11.7. The summed E-state index contributed by atoms with van der Waals surface area (Å²) in [4.78, 5) is 27.6. The van der Waals surface area contributed by atoms with Gasteiger partial charge in [0.15, 0.2) is 5.78 Å². The highest BCUT2D eigenvalue weighted by molar-refractivity contribution is 7.85. The molecule has 1 unspecified atom stereocenters. The molecule has 0 saturated carbocycles. The van der Waals surface area contributed by atoms with E-state index in [-0.39, 0.29) is 12.2 Å². The Labute approximate surface area is 154 Å². The molecule has 10 heteroatoms. The van der Waals surface area contributed by atoms with Crippen LogP contribution in [-0.2, 0) is 24.4 Å². The number of rotatable bonds is 11. The van der Waals surface area contributed by atoms with Crippen LogP contribution in [0.25, 0.3) is 0 Å². The average Bonchev–Trinajstić information content (AvgIpc) is 2.41. The lowest BCUT2D eigenvalue weighted by atomic mass is 9.91. The first-order valence-electron chi connectivity index (χ1n) is 8.37. The van der Waals surface area contributed by atoms with E-state index in [1.54, 1.807) is 20.8 Å². The Balaban J connectivity index is 5.31. The van der Waals surface area contributed by atoms with E-state index < -0.39 is 45.3 Å². The first-order valence-corrected chi connectivity index (χ1v) is 9.98. The second-order valence-corrected chi connectivity index (χ2v) is 8.63. The molecule has 0 aromatic heterocycles. The summed E-state index contributed by atoms with van der Waals surface area (Å²) >= 11 is 0. The number of unbranched alkanes of at least 4 members (excludes halogenated alkanes) is 1. The Morgan fingerprint density at radius 1 is 1.27 bits per heavy atom. The third kappa shape index (κ3) is 11.9. The van der Waals surface area contributed by atoms with E-state index in [0.29, 0.717) is 25.8 Å². The predicted molar refractivity (Wildman–Crippen MR) is 95.2 cm³/mol. The maximum Gasteiger partial charge on any atom is 0.267 e. The maximum atomic E-state index is 12.4. The van der Waals surface area contributed by atoms with Crippen LogP contribution in [0.2, 0.25) is 0 Å². The molecule has 0 aromatic rings. The van der Waals surface area contributed by atoms with Crippen LogP contribution >= 0.6 is 0 Å². The van der Waals surface area contributed by atoms with Crippen molar-refractivity contribution in [2.75, 3.05) is 12.3 Å². The van der Waals surface area contributed by atoms with Crippen LogP contribution in [0.3, 0.4) is 0 Å². The fourth-order valence-electron chi connectivity index (χ4n) is 2.18. The van der Waals surface area contributed by atoms with E-state index in [1.807, 2.05) is 0 Å². The molecule has 26 heavy (non-hydrogen) atoms. The van der Waals surface area contributed by atoms with E-state index >= 15 is 0 Å². The van der Waals surface area contributed by atoms with Crippen molar-refractivity contribution < 1.29 is 32.4 Å². The van der Waals surface area contributed by atoms with Crippen molar-refractivity contribution in [1.29, 1.82) is 0 Å². The molecule has 0 radical (unpaired) electrons. The molecule has 0 saturated heterocycles. The lowest BCUT2D eigenvalue weighted by Crippen LogP contribution is -2.37.